The first-order valence-electron chi connectivity index (χ1n) is 7.02. The average Bonchev–Trinajstić information content (AvgIpc) is 3.18. The van der Waals surface area contributed by atoms with Gasteiger partial charge in [-0.15, -0.1) is 0 Å². The lowest BCUT2D eigenvalue weighted by molar-refractivity contribution is -0.135. The van der Waals surface area contributed by atoms with E-state index in [0.717, 1.165) is 25.8 Å². The Hall–Kier alpha value is -1.61. The number of carbonyl (C=O) groups excluding carboxylic acids is 1. The van der Waals surface area contributed by atoms with Gasteiger partial charge in [0.05, 0.1) is 5.92 Å². The number of nitrogens with two attached hydrogens (primary N) is 1. The zero-order valence-corrected chi connectivity index (χ0v) is 11.0. The van der Waals surface area contributed by atoms with Crippen molar-refractivity contribution >= 4 is 5.91 Å². The van der Waals surface area contributed by atoms with Crippen molar-refractivity contribution in [1.29, 1.82) is 0 Å². The van der Waals surface area contributed by atoms with Crippen molar-refractivity contribution in [1.82, 2.24) is 4.90 Å². The minimum Gasteiger partial charge on any atom is -0.335 e. The van der Waals surface area contributed by atoms with Crippen molar-refractivity contribution in [3.63, 3.8) is 0 Å². The summed E-state index contributed by atoms with van der Waals surface area (Å²) in [5.41, 5.74) is 7.05. The Balaban J connectivity index is 1.71. The van der Waals surface area contributed by atoms with E-state index in [0.29, 0.717) is 6.04 Å². The third-order valence-corrected chi connectivity index (χ3v) is 3.90. The highest BCUT2D eigenvalue weighted by Gasteiger charge is 2.36. The second-order valence-electron chi connectivity index (χ2n) is 5.57. The quantitative estimate of drug-likeness (QED) is 0.838. The van der Waals surface area contributed by atoms with Crippen molar-refractivity contribution in [2.75, 3.05) is 0 Å². The number of benzene rings is 1. The second kappa shape index (κ2) is 5.17. The third kappa shape index (κ3) is 2.87. The van der Waals surface area contributed by atoms with Gasteiger partial charge in [0, 0.05) is 18.6 Å². The van der Waals surface area contributed by atoms with E-state index in [1.807, 2.05) is 35.3 Å². The van der Waals surface area contributed by atoms with Crippen LogP contribution in [0.5, 0.6) is 0 Å². The topological polar surface area (TPSA) is 46.3 Å². The van der Waals surface area contributed by atoms with E-state index >= 15 is 0 Å². The largest absolute Gasteiger partial charge is 0.335 e. The van der Waals surface area contributed by atoms with Gasteiger partial charge in [-0.05, 0) is 24.8 Å². The van der Waals surface area contributed by atoms with Gasteiger partial charge in [-0.2, -0.15) is 0 Å². The first kappa shape index (κ1) is 12.4. The van der Waals surface area contributed by atoms with Crippen molar-refractivity contribution in [2.24, 2.45) is 11.7 Å². The summed E-state index contributed by atoms with van der Waals surface area (Å²) >= 11 is 0. The van der Waals surface area contributed by atoms with E-state index in [-0.39, 0.29) is 17.9 Å². The molecule has 100 valence electrons. The SMILES string of the molecule is NC1C=CC(C(=O)N(Cc2ccccc2)C2CC2)C1. The van der Waals surface area contributed by atoms with E-state index in [1.54, 1.807) is 0 Å². The van der Waals surface area contributed by atoms with E-state index in [9.17, 15) is 4.79 Å². The van der Waals surface area contributed by atoms with Gasteiger partial charge < -0.3 is 10.6 Å². The molecule has 19 heavy (non-hydrogen) atoms. The van der Waals surface area contributed by atoms with Gasteiger partial charge in [0.2, 0.25) is 5.91 Å². The Labute approximate surface area is 114 Å². The van der Waals surface area contributed by atoms with Crippen LogP contribution in [0.2, 0.25) is 0 Å². The maximum atomic E-state index is 12.6. The molecular formula is C16H20N2O. The summed E-state index contributed by atoms with van der Waals surface area (Å²) in [4.78, 5) is 14.6. The summed E-state index contributed by atoms with van der Waals surface area (Å²) in [6, 6.07) is 10.7. The highest BCUT2D eigenvalue weighted by atomic mass is 16.2. The number of rotatable bonds is 4. The lowest BCUT2D eigenvalue weighted by Crippen LogP contribution is -2.37. The zero-order chi connectivity index (χ0) is 13.2. The smallest absolute Gasteiger partial charge is 0.230 e. The fourth-order valence-electron chi connectivity index (χ4n) is 2.68. The first-order chi connectivity index (χ1) is 9.24. The maximum absolute atomic E-state index is 12.6. The molecule has 2 unspecified atom stereocenters. The van der Waals surface area contributed by atoms with Crippen molar-refractivity contribution in [2.45, 2.75) is 37.9 Å². The highest BCUT2D eigenvalue weighted by molar-refractivity contribution is 5.81. The maximum Gasteiger partial charge on any atom is 0.230 e. The van der Waals surface area contributed by atoms with Gasteiger partial charge in [-0.3, -0.25) is 4.79 Å². The van der Waals surface area contributed by atoms with Crippen LogP contribution in [0.1, 0.15) is 24.8 Å². The molecule has 3 rings (SSSR count). The first-order valence-corrected chi connectivity index (χ1v) is 7.02. The molecule has 0 aliphatic heterocycles. The molecule has 3 nitrogen and oxygen atoms in total. The van der Waals surface area contributed by atoms with Crippen LogP contribution in [0.3, 0.4) is 0 Å². The molecule has 2 N–H and O–H groups in total. The highest BCUT2D eigenvalue weighted by Crippen LogP contribution is 2.31. The molecule has 1 aromatic rings. The number of nitrogens with zero attached hydrogens (tertiary/aromatic N) is 1. The second-order valence-corrected chi connectivity index (χ2v) is 5.57. The van der Waals surface area contributed by atoms with Crippen LogP contribution in [0.4, 0.5) is 0 Å². The Morgan fingerprint density at radius 2 is 1.95 bits per heavy atom. The molecule has 0 spiro atoms. The van der Waals surface area contributed by atoms with Crippen LogP contribution in [-0.2, 0) is 11.3 Å². The van der Waals surface area contributed by atoms with Gasteiger partial charge >= 0.3 is 0 Å². The van der Waals surface area contributed by atoms with Crippen molar-refractivity contribution in [3.05, 3.63) is 48.0 Å². The van der Waals surface area contributed by atoms with E-state index in [4.69, 9.17) is 5.73 Å². The summed E-state index contributed by atoms with van der Waals surface area (Å²) in [5.74, 6) is 0.231. The molecule has 3 heteroatoms. The molecule has 0 saturated heterocycles. The van der Waals surface area contributed by atoms with E-state index in [1.165, 1.54) is 5.56 Å². The molecule has 1 fully saturated rings. The number of carbonyl (C=O) groups is 1. The van der Waals surface area contributed by atoms with Crippen LogP contribution >= 0.6 is 0 Å². The monoisotopic (exact) mass is 256 g/mol. The van der Waals surface area contributed by atoms with Crippen molar-refractivity contribution in [3.8, 4) is 0 Å². The zero-order valence-electron chi connectivity index (χ0n) is 11.0. The van der Waals surface area contributed by atoms with Crippen LogP contribution < -0.4 is 5.73 Å². The minimum atomic E-state index is -0.0145. The molecule has 0 heterocycles. The van der Waals surface area contributed by atoms with Crippen LogP contribution in [-0.4, -0.2) is 22.9 Å². The summed E-state index contributed by atoms with van der Waals surface area (Å²) in [6.07, 6.45) is 6.97. The molecule has 0 radical (unpaired) electrons. The number of hydrogen-bond acceptors (Lipinski definition) is 2. The average molecular weight is 256 g/mol. The van der Waals surface area contributed by atoms with Gasteiger partial charge in [-0.1, -0.05) is 42.5 Å². The van der Waals surface area contributed by atoms with Crippen LogP contribution in [0.15, 0.2) is 42.5 Å². The summed E-state index contributed by atoms with van der Waals surface area (Å²) in [6.45, 7) is 0.726. The predicted molar refractivity (Wildman–Crippen MR) is 75.2 cm³/mol. The molecule has 0 bridgehead atoms. The molecule has 1 saturated carbocycles. The third-order valence-electron chi connectivity index (χ3n) is 3.90. The van der Waals surface area contributed by atoms with Gasteiger partial charge in [-0.25, -0.2) is 0 Å². The number of amides is 1. The number of hydrogen-bond donors (Lipinski definition) is 1. The van der Waals surface area contributed by atoms with E-state index in [2.05, 4.69) is 12.1 Å². The Morgan fingerprint density at radius 1 is 1.21 bits per heavy atom. The van der Waals surface area contributed by atoms with Crippen LogP contribution in [0.25, 0.3) is 0 Å². The normalized spacial score (nSPS) is 25.5. The summed E-state index contributed by atoms with van der Waals surface area (Å²) < 4.78 is 0. The molecule has 1 amide bonds. The molecular weight excluding hydrogens is 236 g/mol. The minimum absolute atomic E-state index is 0.0145. The Morgan fingerprint density at radius 3 is 2.53 bits per heavy atom. The summed E-state index contributed by atoms with van der Waals surface area (Å²) in [5, 5.41) is 0. The molecule has 2 aliphatic rings. The molecule has 0 aromatic heterocycles. The fourth-order valence-corrected chi connectivity index (χ4v) is 2.68. The fraction of sp³-hybridized carbons (Fsp3) is 0.438. The molecule has 1 aromatic carbocycles. The van der Waals surface area contributed by atoms with Gasteiger partial charge in [0.25, 0.3) is 0 Å². The van der Waals surface area contributed by atoms with E-state index < -0.39 is 0 Å². The predicted octanol–water partition coefficient (Wildman–Crippen LogP) is 2.08. The molecule has 2 aliphatic carbocycles. The van der Waals surface area contributed by atoms with Gasteiger partial charge in [0.15, 0.2) is 0 Å². The lowest BCUT2D eigenvalue weighted by Gasteiger charge is -2.25. The Kier molecular flexibility index (Phi) is 3.38. The van der Waals surface area contributed by atoms with Crippen LogP contribution in [0, 0.1) is 5.92 Å². The summed E-state index contributed by atoms with van der Waals surface area (Å²) in [7, 11) is 0. The standard InChI is InChI=1S/C16H20N2O/c17-14-7-6-13(10-14)16(19)18(15-8-9-15)11-12-4-2-1-3-5-12/h1-7,13-15H,8-11,17H2. The van der Waals surface area contributed by atoms with Crippen molar-refractivity contribution < 1.29 is 4.79 Å². The Bertz CT molecular complexity index is 479. The molecule has 2 atom stereocenters. The van der Waals surface area contributed by atoms with Gasteiger partial charge in [0.1, 0.15) is 0 Å². The lowest BCUT2D eigenvalue weighted by atomic mass is 10.1.